The van der Waals surface area contributed by atoms with Gasteiger partial charge in [0.15, 0.2) is 0 Å². The fraction of sp³-hybridized carbons (Fsp3) is 0.429. The summed E-state index contributed by atoms with van der Waals surface area (Å²) in [6.07, 6.45) is 1.61. The van der Waals surface area contributed by atoms with E-state index >= 15 is 0 Å². The number of carbonyl (C=O) groups excluding carboxylic acids is 2. The molecule has 0 N–H and O–H groups in total. The van der Waals surface area contributed by atoms with E-state index in [0.29, 0.717) is 11.5 Å². The van der Waals surface area contributed by atoms with E-state index in [4.69, 9.17) is 20.8 Å². The second kappa shape index (κ2) is 9.60. The molecular weight excluding hydrogens is 366 g/mol. The number of para-hydroxylation sites is 1. The zero-order chi connectivity index (χ0) is 20.0. The average Bonchev–Trinajstić information content (AvgIpc) is 3.18. The molecule has 2 aromatic rings. The predicted molar refractivity (Wildman–Crippen MR) is 106 cm³/mol. The summed E-state index contributed by atoms with van der Waals surface area (Å²) in [4.78, 5) is 26.0. The van der Waals surface area contributed by atoms with Gasteiger partial charge in [-0.05, 0) is 43.0 Å². The van der Waals surface area contributed by atoms with Crippen LogP contribution in [-0.4, -0.2) is 24.9 Å². The van der Waals surface area contributed by atoms with Crippen LogP contribution in [0.15, 0.2) is 34.7 Å². The molecule has 0 aliphatic carbocycles. The van der Waals surface area contributed by atoms with Crippen molar-refractivity contribution in [2.75, 3.05) is 17.9 Å². The highest BCUT2D eigenvalue weighted by atomic mass is 35.5. The van der Waals surface area contributed by atoms with Gasteiger partial charge in [-0.3, -0.25) is 9.59 Å². The molecule has 1 aromatic carbocycles. The fourth-order valence-corrected chi connectivity index (χ4v) is 3.23. The van der Waals surface area contributed by atoms with E-state index in [0.717, 1.165) is 29.7 Å². The molecule has 1 atom stereocenters. The van der Waals surface area contributed by atoms with E-state index in [9.17, 15) is 9.59 Å². The third-order valence-electron chi connectivity index (χ3n) is 4.63. The van der Waals surface area contributed by atoms with Crippen molar-refractivity contribution in [3.05, 3.63) is 53.0 Å². The number of rotatable bonds is 8. The van der Waals surface area contributed by atoms with E-state index in [1.54, 1.807) is 24.0 Å². The fourth-order valence-electron chi connectivity index (χ4n) is 3.09. The maximum Gasteiger partial charge on any atom is 0.316 e. The van der Waals surface area contributed by atoms with Gasteiger partial charge in [-0.15, -0.1) is 11.6 Å². The van der Waals surface area contributed by atoms with Crippen molar-refractivity contribution in [1.29, 1.82) is 0 Å². The number of hydrogen-bond donors (Lipinski definition) is 0. The van der Waals surface area contributed by atoms with Crippen LogP contribution in [0.1, 0.15) is 49.3 Å². The summed E-state index contributed by atoms with van der Waals surface area (Å²) in [6.45, 7) is 6.09. The van der Waals surface area contributed by atoms with Crippen molar-refractivity contribution >= 4 is 29.2 Å². The van der Waals surface area contributed by atoms with E-state index in [-0.39, 0.29) is 24.3 Å². The zero-order valence-corrected chi connectivity index (χ0v) is 17.0. The maximum atomic E-state index is 12.6. The van der Waals surface area contributed by atoms with Crippen molar-refractivity contribution in [2.45, 2.75) is 46.1 Å². The molecule has 0 aliphatic rings. The number of methoxy groups -OCH3 is 1. The molecule has 0 bridgehead atoms. The molecule has 1 unspecified atom stereocenters. The normalized spacial score (nSPS) is 11.9. The van der Waals surface area contributed by atoms with Crippen molar-refractivity contribution in [3.8, 4) is 0 Å². The first-order valence-electron chi connectivity index (χ1n) is 9.10. The van der Waals surface area contributed by atoms with Crippen LogP contribution in [0.3, 0.4) is 0 Å². The number of hydrogen-bond acceptors (Lipinski definition) is 4. The standard InChI is InChI=1S/C21H26ClNO4/c1-5-15-8-7-9-16(6-2)20(15)23(19(24)12-22)13-17-10-11-18(27-17)14(3)21(25)26-4/h7-11,14H,5-6,12-13H2,1-4H3. The van der Waals surface area contributed by atoms with Crippen molar-refractivity contribution in [3.63, 3.8) is 0 Å². The van der Waals surface area contributed by atoms with E-state index in [1.807, 2.05) is 18.2 Å². The largest absolute Gasteiger partial charge is 0.468 e. The minimum absolute atomic E-state index is 0.118. The second-order valence-corrected chi connectivity index (χ2v) is 6.56. The quantitative estimate of drug-likeness (QED) is 0.492. The molecule has 146 valence electrons. The van der Waals surface area contributed by atoms with Crippen LogP contribution in [0.25, 0.3) is 0 Å². The number of alkyl halides is 1. The number of furan rings is 1. The van der Waals surface area contributed by atoms with Gasteiger partial charge in [0.1, 0.15) is 23.3 Å². The summed E-state index contributed by atoms with van der Waals surface area (Å²) in [5.74, 6) is -0.0786. The number of nitrogens with zero attached hydrogens (tertiary/aromatic N) is 1. The highest BCUT2D eigenvalue weighted by molar-refractivity contribution is 6.29. The Morgan fingerprint density at radius 3 is 2.30 bits per heavy atom. The van der Waals surface area contributed by atoms with Gasteiger partial charge in [-0.1, -0.05) is 32.0 Å². The molecule has 1 amide bonds. The molecular formula is C21H26ClNO4. The smallest absolute Gasteiger partial charge is 0.316 e. The lowest BCUT2D eigenvalue weighted by atomic mass is 10.0. The van der Waals surface area contributed by atoms with Crippen LogP contribution < -0.4 is 4.90 Å². The first-order valence-corrected chi connectivity index (χ1v) is 9.63. The molecule has 1 heterocycles. The molecule has 2 rings (SSSR count). The summed E-state index contributed by atoms with van der Waals surface area (Å²) in [5, 5.41) is 0. The van der Waals surface area contributed by atoms with Gasteiger partial charge in [0.25, 0.3) is 0 Å². The van der Waals surface area contributed by atoms with E-state index in [2.05, 4.69) is 13.8 Å². The molecule has 1 aromatic heterocycles. The Kier molecular flexibility index (Phi) is 7.48. The minimum Gasteiger partial charge on any atom is -0.468 e. The Hall–Kier alpha value is -2.27. The van der Waals surface area contributed by atoms with Crippen LogP contribution in [-0.2, 0) is 33.7 Å². The summed E-state index contributed by atoms with van der Waals surface area (Å²) < 4.78 is 10.6. The summed E-state index contributed by atoms with van der Waals surface area (Å²) >= 11 is 5.89. The summed E-state index contributed by atoms with van der Waals surface area (Å²) in [5.41, 5.74) is 3.07. The molecule has 5 nitrogen and oxygen atoms in total. The highest BCUT2D eigenvalue weighted by Gasteiger charge is 2.24. The molecule has 0 saturated heterocycles. The Labute approximate surface area is 165 Å². The van der Waals surface area contributed by atoms with Gasteiger partial charge >= 0.3 is 5.97 Å². The molecule has 27 heavy (non-hydrogen) atoms. The number of aryl methyl sites for hydroxylation is 2. The third kappa shape index (κ3) is 4.72. The highest BCUT2D eigenvalue weighted by Crippen LogP contribution is 2.30. The lowest BCUT2D eigenvalue weighted by molar-refractivity contribution is -0.142. The summed E-state index contributed by atoms with van der Waals surface area (Å²) in [7, 11) is 1.34. The number of esters is 1. The van der Waals surface area contributed by atoms with Crippen LogP contribution in [0.5, 0.6) is 0 Å². The van der Waals surface area contributed by atoms with Gasteiger partial charge in [0, 0.05) is 0 Å². The monoisotopic (exact) mass is 391 g/mol. The van der Waals surface area contributed by atoms with Gasteiger partial charge in [0.2, 0.25) is 5.91 Å². The molecule has 0 spiro atoms. The number of benzene rings is 1. The van der Waals surface area contributed by atoms with Crippen LogP contribution in [0.2, 0.25) is 0 Å². The maximum absolute atomic E-state index is 12.6. The van der Waals surface area contributed by atoms with Crippen LogP contribution >= 0.6 is 11.6 Å². The predicted octanol–water partition coefficient (Wildman–Crippen LogP) is 4.45. The molecule has 0 aliphatic heterocycles. The molecule has 6 heteroatoms. The number of halogens is 1. The number of ether oxygens (including phenoxy) is 1. The van der Waals surface area contributed by atoms with Gasteiger partial charge in [-0.25, -0.2) is 0 Å². The SMILES string of the molecule is CCc1cccc(CC)c1N(Cc1ccc(C(C)C(=O)OC)o1)C(=O)CCl. The van der Waals surface area contributed by atoms with Gasteiger partial charge < -0.3 is 14.1 Å². The average molecular weight is 392 g/mol. The zero-order valence-electron chi connectivity index (χ0n) is 16.3. The number of amides is 1. The Bertz CT molecular complexity index is 777. The topological polar surface area (TPSA) is 59.8 Å². The number of carbonyl (C=O) groups is 2. The lowest BCUT2D eigenvalue weighted by Gasteiger charge is -2.26. The first kappa shape index (κ1) is 21.0. The van der Waals surface area contributed by atoms with E-state index < -0.39 is 5.92 Å². The first-order chi connectivity index (χ1) is 13.0. The Morgan fingerprint density at radius 2 is 1.78 bits per heavy atom. The van der Waals surface area contributed by atoms with Gasteiger partial charge in [-0.2, -0.15) is 0 Å². The van der Waals surface area contributed by atoms with Gasteiger partial charge in [0.05, 0.1) is 19.3 Å². The van der Waals surface area contributed by atoms with Crippen molar-refractivity contribution in [2.24, 2.45) is 0 Å². The Balaban J connectivity index is 2.39. The third-order valence-corrected chi connectivity index (χ3v) is 4.86. The number of anilines is 1. The second-order valence-electron chi connectivity index (χ2n) is 6.29. The molecule has 0 fully saturated rings. The lowest BCUT2D eigenvalue weighted by Crippen LogP contribution is -2.33. The van der Waals surface area contributed by atoms with Crippen LogP contribution in [0, 0.1) is 0 Å². The van der Waals surface area contributed by atoms with Crippen molar-refractivity contribution < 1.29 is 18.7 Å². The summed E-state index contributed by atoms with van der Waals surface area (Å²) in [6, 6.07) is 9.58. The Morgan fingerprint density at radius 1 is 1.15 bits per heavy atom. The minimum atomic E-state index is -0.505. The molecule has 0 saturated carbocycles. The van der Waals surface area contributed by atoms with Crippen molar-refractivity contribution in [1.82, 2.24) is 0 Å². The molecule has 0 radical (unpaired) electrons. The van der Waals surface area contributed by atoms with E-state index in [1.165, 1.54) is 7.11 Å². The van der Waals surface area contributed by atoms with Crippen LogP contribution in [0.4, 0.5) is 5.69 Å².